The standard InChI is InChI=1S/C17H21FN2O2S/c1-11(9-15-8-3-12(2)23-15)20-17(22)19-10-16(21)13-4-6-14(18)7-5-13/h3-8,11,16,21H,9-10H2,1-2H3,(H2,19,20,22). The van der Waals surface area contributed by atoms with E-state index >= 15 is 0 Å². The molecule has 0 spiro atoms. The molecule has 2 unspecified atom stereocenters. The lowest BCUT2D eigenvalue weighted by molar-refractivity contribution is 0.172. The largest absolute Gasteiger partial charge is 0.387 e. The highest BCUT2D eigenvalue weighted by molar-refractivity contribution is 7.11. The molecule has 2 rings (SSSR count). The zero-order valence-corrected chi connectivity index (χ0v) is 14.0. The number of amides is 2. The quantitative estimate of drug-likeness (QED) is 0.759. The van der Waals surface area contributed by atoms with Crippen molar-refractivity contribution in [2.24, 2.45) is 0 Å². The molecule has 6 heteroatoms. The lowest BCUT2D eigenvalue weighted by atomic mass is 10.1. The van der Waals surface area contributed by atoms with E-state index in [1.165, 1.54) is 34.0 Å². The maximum absolute atomic E-state index is 12.8. The van der Waals surface area contributed by atoms with E-state index in [4.69, 9.17) is 0 Å². The molecule has 2 atom stereocenters. The molecule has 1 heterocycles. The smallest absolute Gasteiger partial charge is 0.315 e. The molecule has 0 aliphatic heterocycles. The predicted molar refractivity (Wildman–Crippen MR) is 90.1 cm³/mol. The number of rotatable bonds is 6. The molecule has 0 radical (unpaired) electrons. The summed E-state index contributed by atoms with van der Waals surface area (Å²) in [5, 5.41) is 15.4. The van der Waals surface area contributed by atoms with Crippen molar-refractivity contribution in [3.63, 3.8) is 0 Å². The van der Waals surface area contributed by atoms with Gasteiger partial charge in [-0.05, 0) is 43.7 Å². The molecule has 0 bridgehead atoms. The van der Waals surface area contributed by atoms with Gasteiger partial charge >= 0.3 is 6.03 Å². The van der Waals surface area contributed by atoms with Crippen molar-refractivity contribution in [3.8, 4) is 0 Å². The third kappa shape index (κ3) is 5.65. The van der Waals surface area contributed by atoms with E-state index in [9.17, 15) is 14.3 Å². The highest BCUT2D eigenvalue weighted by atomic mass is 32.1. The summed E-state index contributed by atoms with van der Waals surface area (Å²) in [4.78, 5) is 14.3. The molecule has 124 valence electrons. The fourth-order valence-electron chi connectivity index (χ4n) is 2.21. The van der Waals surface area contributed by atoms with Crippen molar-refractivity contribution in [1.82, 2.24) is 10.6 Å². The van der Waals surface area contributed by atoms with E-state index in [1.54, 1.807) is 11.3 Å². The summed E-state index contributed by atoms with van der Waals surface area (Å²) in [7, 11) is 0. The first kappa shape index (κ1) is 17.4. The first-order chi connectivity index (χ1) is 10.9. The molecule has 2 aromatic rings. The Labute approximate surface area is 139 Å². The summed E-state index contributed by atoms with van der Waals surface area (Å²) in [6, 6.07) is 9.36. The fourth-order valence-corrected chi connectivity index (χ4v) is 3.23. The molecule has 0 fully saturated rings. The minimum atomic E-state index is -0.864. The van der Waals surface area contributed by atoms with E-state index in [2.05, 4.69) is 29.7 Å². The van der Waals surface area contributed by atoms with Crippen LogP contribution in [0.25, 0.3) is 0 Å². The van der Waals surface area contributed by atoms with Crippen LogP contribution < -0.4 is 10.6 Å². The Hall–Kier alpha value is -1.92. The second kappa shape index (κ2) is 8.08. The number of benzene rings is 1. The van der Waals surface area contributed by atoms with E-state index < -0.39 is 6.10 Å². The summed E-state index contributed by atoms with van der Waals surface area (Å²) in [6.07, 6.45) is -0.0940. The Balaban J connectivity index is 1.74. The van der Waals surface area contributed by atoms with Crippen molar-refractivity contribution in [2.45, 2.75) is 32.4 Å². The Kier molecular flexibility index (Phi) is 6.12. The van der Waals surface area contributed by atoms with Crippen LogP contribution in [0.1, 0.15) is 28.3 Å². The molecular formula is C17H21FN2O2S. The summed E-state index contributed by atoms with van der Waals surface area (Å²) in [5.74, 6) is -0.357. The van der Waals surface area contributed by atoms with E-state index in [0.717, 1.165) is 6.42 Å². The zero-order valence-electron chi connectivity index (χ0n) is 13.2. The molecule has 0 saturated carbocycles. The van der Waals surface area contributed by atoms with Gasteiger partial charge in [-0.2, -0.15) is 0 Å². The molecule has 0 saturated heterocycles. The van der Waals surface area contributed by atoms with Crippen molar-refractivity contribution < 1.29 is 14.3 Å². The number of carbonyl (C=O) groups is 1. The van der Waals surface area contributed by atoms with Gasteiger partial charge in [0.1, 0.15) is 5.82 Å². The third-order valence-corrected chi connectivity index (χ3v) is 4.41. The number of hydrogen-bond donors (Lipinski definition) is 3. The maximum atomic E-state index is 12.8. The van der Waals surface area contributed by atoms with E-state index in [0.29, 0.717) is 5.56 Å². The number of urea groups is 1. The lowest BCUT2D eigenvalue weighted by Crippen LogP contribution is -2.42. The molecule has 0 aliphatic rings. The Morgan fingerprint density at radius 2 is 1.96 bits per heavy atom. The van der Waals surface area contributed by atoms with Crippen LogP contribution in [0.15, 0.2) is 36.4 Å². The number of aryl methyl sites for hydroxylation is 1. The zero-order chi connectivity index (χ0) is 16.8. The van der Waals surface area contributed by atoms with Crippen LogP contribution in [-0.4, -0.2) is 23.7 Å². The van der Waals surface area contributed by atoms with Crippen LogP contribution in [0.3, 0.4) is 0 Å². The van der Waals surface area contributed by atoms with Crippen LogP contribution in [-0.2, 0) is 6.42 Å². The first-order valence-electron chi connectivity index (χ1n) is 7.47. The average molecular weight is 336 g/mol. The Morgan fingerprint density at radius 1 is 1.26 bits per heavy atom. The van der Waals surface area contributed by atoms with Crippen LogP contribution in [0, 0.1) is 12.7 Å². The summed E-state index contributed by atoms with van der Waals surface area (Å²) in [5.41, 5.74) is 0.564. The van der Waals surface area contributed by atoms with Crippen LogP contribution in [0.4, 0.5) is 9.18 Å². The van der Waals surface area contributed by atoms with Gasteiger partial charge < -0.3 is 15.7 Å². The third-order valence-electron chi connectivity index (χ3n) is 3.39. The van der Waals surface area contributed by atoms with Gasteiger partial charge in [-0.1, -0.05) is 12.1 Å². The molecule has 2 amide bonds. The molecule has 1 aromatic carbocycles. The number of halogens is 1. The molecule has 1 aromatic heterocycles. The molecule has 3 N–H and O–H groups in total. The number of thiophene rings is 1. The van der Waals surface area contributed by atoms with Gasteiger partial charge in [-0.15, -0.1) is 11.3 Å². The number of aliphatic hydroxyl groups excluding tert-OH is 1. The SMILES string of the molecule is Cc1ccc(CC(C)NC(=O)NCC(O)c2ccc(F)cc2)s1. The predicted octanol–water partition coefficient (Wildman–Crippen LogP) is 3.16. The molecule has 23 heavy (non-hydrogen) atoms. The van der Waals surface area contributed by atoms with Crippen LogP contribution in [0.2, 0.25) is 0 Å². The lowest BCUT2D eigenvalue weighted by Gasteiger charge is -2.16. The minimum Gasteiger partial charge on any atom is -0.387 e. The van der Waals surface area contributed by atoms with Gasteiger partial charge in [0, 0.05) is 28.8 Å². The first-order valence-corrected chi connectivity index (χ1v) is 8.29. The fraction of sp³-hybridized carbons (Fsp3) is 0.353. The molecular weight excluding hydrogens is 315 g/mol. The second-order valence-electron chi connectivity index (χ2n) is 5.54. The Bertz CT molecular complexity index is 642. The average Bonchev–Trinajstić information content (AvgIpc) is 2.90. The van der Waals surface area contributed by atoms with Crippen molar-refractivity contribution in [2.75, 3.05) is 6.54 Å². The summed E-state index contributed by atoms with van der Waals surface area (Å²) in [6.45, 7) is 4.06. The highest BCUT2D eigenvalue weighted by Gasteiger charge is 2.12. The van der Waals surface area contributed by atoms with Gasteiger partial charge in [-0.3, -0.25) is 0 Å². The van der Waals surface area contributed by atoms with Crippen LogP contribution in [0.5, 0.6) is 0 Å². The molecule has 0 aliphatic carbocycles. The number of nitrogens with one attached hydrogen (secondary N) is 2. The van der Waals surface area contributed by atoms with Crippen LogP contribution >= 0.6 is 11.3 Å². The van der Waals surface area contributed by atoms with Gasteiger partial charge in [-0.25, -0.2) is 9.18 Å². The van der Waals surface area contributed by atoms with Gasteiger partial charge in [0.25, 0.3) is 0 Å². The van der Waals surface area contributed by atoms with Crippen molar-refractivity contribution in [1.29, 1.82) is 0 Å². The van der Waals surface area contributed by atoms with Crippen molar-refractivity contribution in [3.05, 3.63) is 57.5 Å². The van der Waals surface area contributed by atoms with Crippen molar-refractivity contribution >= 4 is 17.4 Å². The van der Waals surface area contributed by atoms with E-state index in [-0.39, 0.29) is 24.4 Å². The number of hydrogen-bond acceptors (Lipinski definition) is 3. The van der Waals surface area contributed by atoms with Gasteiger partial charge in [0.05, 0.1) is 6.10 Å². The normalized spacial score (nSPS) is 13.4. The van der Waals surface area contributed by atoms with E-state index in [1.807, 2.05) is 6.92 Å². The molecule has 4 nitrogen and oxygen atoms in total. The van der Waals surface area contributed by atoms with Gasteiger partial charge in [0.15, 0.2) is 0 Å². The summed E-state index contributed by atoms with van der Waals surface area (Å²) < 4.78 is 12.8. The minimum absolute atomic E-state index is 0.00369. The summed E-state index contributed by atoms with van der Waals surface area (Å²) >= 11 is 1.72. The monoisotopic (exact) mass is 336 g/mol. The maximum Gasteiger partial charge on any atom is 0.315 e. The topological polar surface area (TPSA) is 61.4 Å². The highest BCUT2D eigenvalue weighted by Crippen LogP contribution is 2.16. The number of carbonyl (C=O) groups excluding carboxylic acids is 1. The Morgan fingerprint density at radius 3 is 2.57 bits per heavy atom. The number of aliphatic hydroxyl groups is 1. The second-order valence-corrected chi connectivity index (χ2v) is 6.91. The van der Waals surface area contributed by atoms with Gasteiger partial charge in [0.2, 0.25) is 0 Å².